The molecule has 1 N–H and O–H groups in total. The van der Waals surface area contributed by atoms with Crippen LogP contribution < -0.4 is 10.2 Å². The Kier molecular flexibility index (Phi) is 2.75. The van der Waals surface area contributed by atoms with Crippen molar-refractivity contribution in [3.05, 3.63) is 29.6 Å². The number of rotatable bonds is 1. The third-order valence-electron chi connectivity index (χ3n) is 2.39. The summed E-state index contributed by atoms with van der Waals surface area (Å²) in [5.74, 6) is -1.59. The summed E-state index contributed by atoms with van der Waals surface area (Å²) in [4.78, 5) is 23.8. The second-order valence-corrected chi connectivity index (χ2v) is 3.57. The molecule has 0 aliphatic carbocycles. The summed E-state index contributed by atoms with van der Waals surface area (Å²) >= 11 is 0. The molecule has 1 saturated heterocycles. The molecule has 0 spiro atoms. The molecular formula is C11H8FN3O2. The van der Waals surface area contributed by atoms with E-state index in [-0.39, 0.29) is 24.3 Å². The topological polar surface area (TPSA) is 73.2 Å². The SMILES string of the molecule is N#Cc1c(F)cccc1N1CC(=O)NC(=O)C1. The molecule has 1 aliphatic heterocycles. The van der Waals surface area contributed by atoms with Gasteiger partial charge in [0, 0.05) is 0 Å². The Morgan fingerprint density at radius 3 is 2.53 bits per heavy atom. The Bertz CT molecular complexity index is 520. The Balaban J connectivity index is 2.40. The molecule has 0 radical (unpaired) electrons. The summed E-state index contributed by atoms with van der Waals surface area (Å²) in [5.41, 5.74) is 0.103. The lowest BCUT2D eigenvalue weighted by Crippen LogP contribution is -2.51. The molecule has 0 bridgehead atoms. The molecule has 17 heavy (non-hydrogen) atoms. The Morgan fingerprint density at radius 2 is 1.94 bits per heavy atom. The molecule has 0 saturated carbocycles. The van der Waals surface area contributed by atoms with Crippen molar-refractivity contribution >= 4 is 17.5 Å². The smallest absolute Gasteiger partial charge is 0.246 e. The van der Waals surface area contributed by atoms with Gasteiger partial charge < -0.3 is 4.90 Å². The van der Waals surface area contributed by atoms with Crippen LogP contribution in [0.2, 0.25) is 0 Å². The Labute approximate surface area is 96.4 Å². The van der Waals surface area contributed by atoms with E-state index in [2.05, 4.69) is 5.32 Å². The van der Waals surface area contributed by atoms with Crippen LogP contribution in [0.25, 0.3) is 0 Å². The van der Waals surface area contributed by atoms with Crippen LogP contribution in [0.3, 0.4) is 0 Å². The van der Waals surface area contributed by atoms with E-state index in [1.54, 1.807) is 6.07 Å². The lowest BCUT2D eigenvalue weighted by Gasteiger charge is -2.28. The maximum atomic E-state index is 13.4. The Hall–Kier alpha value is -2.42. The lowest BCUT2D eigenvalue weighted by atomic mass is 10.1. The van der Waals surface area contributed by atoms with Gasteiger partial charge in [-0.15, -0.1) is 0 Å². The highest BCUT2D eigenvalue weighted by Crippen LogP contribution is 2.22. The van der Waals surface area contributed by atoms with Gasteiger partial charge in [-0.25, -0.2) is 4.39 Å². The van der Waals surface area contributed by atoms with Gasteiger partial charge in [-0.1, -0.05) is 6.07 Å². The molecule has 1 aliphatic rings. The average Bonchev–Trinajstić information content (AvgIpc) is 2.27. The van der Waals surface area contributed by atoms with Crippen LogP contribution in [0.4, 0.5) is 10.1 Å². The number of anilines is 1. The highest BCUT2D eigenvalue weighted by molar-refractivity contribution is 6.02. The van der Waals surface area contributed by atoms with Gasteiger partial charge in [0.25, 0.3) is 0 Å². The van der Waals surface area contributed by atoms with Gasteiger partial charge in [0.1, 0.15) is 17.4 Å². The monoisotopic (exact) mass is 233 g/mol. The Morgan fingerprint density at radius 1 is 1.29 bits per heavy atom. The first-order valence-electron chi connectivity index (χ1n) is 4.88. The molecule has 1 fully saturated rings. The highest BCUT2D eigenvalue weighted by Gasteiger charge is 2.25. The molecule has 0 atom stereocenters. The van der Waals surface area contributed by atoms with Crippen molar-refractivity contribution in [3.63, 3.8) is 0 Å². The van der Waals surface area contributed by atoms with E-state index >= 15 is 0 Å². The van der Waals surface area contributed by atoms with E-state index in [1.165, 1.54) is 17.0 Å². The minimum Gasteiger partial charge on any atom is -0.352 e. The highest BCUT2D eigenvalue weighted by atomic mass is 19.1. The number of nitrogens with one attached hydrogen (secondary N) is 1. The third-order valence-corrected chi connectivity index (χ3v) is 2.39. The van der Waals surface area contributed by atoms with Crippen molar-refractivity contribution in [1.82, 2.24) is 5.32 Å². The first-order chi connectivity index (χ1) is 8.11. The number of piperazine rings is 1. The van der Waals surface area contributed by atoms with Crippen LogP contribution in [0.5, 0.6) is 0 Å². The maximum Gasteiger partial charge on any atom is 0.246 e. The summed E-state index contributed by atoms with van der Waals surface area (Å²) in [7, 11) is 0. The summed E-state index contributed by atoms with van der Waals surface area (Å²) in [5, 5.41) is 11.0. The van der Waals surface area contributed by atoms with Gasteiger partial charge in [0.2, 0.25) is 11.8 Å². The number of nitriles is 1. The minimum atomic E-state index is -0.663. The van der Waals surface area contributed by atoms with Crippen molar-refractivity contribution in [1.29, 1.82) is 5.26 Å². The number of carbonyl (C=O) groups is 2. The van der Waals surface area contributed by atoms with Gasteiger partial charge in [0.15, 0.2) is 0 Å². The normalized spacial score (nSPS) is 15.4. The number of nitrogens with zero attached hydrogens (tertiary/aromatic N) is 2. The molecular weight excluding hydrogens is 225 g/mol. The molecule has 1 heterocycles. The molecule has 5 nitrogen and oxygen atoms in total. The van der Waals surface area contributed by atoms with Crippen LogP contribution in [-0.2, 0) is 9.59 Å². The van der Waals surface area contributed by atoms with Crippen molar-refractivity contribution in [2.75, 3.05) is 18.0 Å². The first-order valence-corrected chi connectivity index (χ1v) is 4.88. The fourth-order valence-electron chi connectivity index (χ4n) is 1.69. The predicted octanol–water partition coefficient (Wildman–Crippen LogP) is 0.160. The van der Waals surface area contributed by atoms with Gasteiger partial charge in [-0.05, 0) is 12.1 Å². The van der Waals surface area contributed by atoms with Crippen molar-refractivity contribution in [2.24, 2.45) is 0 Å². The van der Waals surface area contributed by atoms with E-state index in [4.69, 9.17) is 5.26 Å². The third kappa shape index (κ3) is 2.08. The van der Waals surface area contributed by atoms with Crippen molar-refractivity contribution < 1.29 is 14.0 Å². The van der Waals surface area contributed by atoms with Crippen LogP contribution in [-0.4, -0.2) is 24.9 Å². The van der Waals surface area contributed by atoms with Crippen LogP contribution in [0, 0.1) is 17.1 Å². The predicted molar refractivity (Wildman–Crippen MR) is 56.5 cm³/mol. The fraction of sp³-hybridized carbons (Fsp3) is 0.182. The number of imide groups is 1. The quantitative estimate of drug-likeness (QED) is 0.701. The molecule has 2 amide bonds. The van der Waals surface area contributed by atoms with Crippen LogP contribution >= 0.6 is 0 Å². The number of benzene rings is 1. The van der Waals surface area contributed by atoms with Crippen LogP contribution in [0.1, 0.15) is 5.56 Å². The largest absolute Gasteiger partial charge is 0.352 e. The zero-order valence-electron chi connectivity index (χ0n) is 8.74. The first kappa shape index (κ1) is 11.1. The molecule has 86 valence electrons. The number of hydrogen-bond donors (Lipinski definition) is 1. The zero-order valence-corrected chi connectivity index (χ0v) is 8.74. The summed E-state index contributed by atoms with van der Waals surface area (Å²) in [6.45, 7) is -0.131. The zero-order chi connectivity index (χ0) is 12.4. The standard InChI is InChI=1S/C11H8FN3O2/c12-8-2-1-3-9(7(8)4-13)15-5-10(16)14-11(17)6-15/h1-3H,5-6H2,(H,14,16,17). The molecule has 1 aromatic carbocycles. The number of carbonyl (C=O) groups excluding carboxylic acids is 2. The summed E-state index contributed by atoms with van der Waals surface area (Å²) < 4.78 is 13.4. The molecule has 2 rings (SSSR count). The van der Waals surface area contributed by atoms with E-state index in [0.29, 0.717) is 0 Å². The van der Waals surface area contributed by atoms with Gasteiger partial charge in [-0.3, -0.25) is 14.9 Å². The minimum absolute atomic E-state index is 0.0656. The summed E-state index contributed by atoms with van der Waals surface area (Å²) in [6, 6.07) is 5.83. The average molecular weight is 233 g/mol. The lowest BCUT2D eigenvalue weighted by molar-refractivity contribution is -0.130. The van der Waals surface area contributed by atoms with Gasteiger partial charge >= 0.3 is 0 Å². The maximum absolute atomic E-state index is 13.4. The second kappa shape index (κ2) is 4.22. The second-order valence-electron chi connectivity index (χ2n) is 3.57. The van der Waals surface area contributed by atoms with Gasteiger partial charge in [-0.2, -0.15) is 5.26 Å². The summed E-state index contributed by atoms with van der Waals surface area (Å²) in [6.07, 6.45) is 0. The molecule has 0 unspecified atom stereocenters. The fourth-order valence-corrected chi connectivity index (χ4v) is 1.69. The number of halogens is 1. The van der Waals surface area contributed by atoms with E-state index in [9.17, 15) is 14.0 Å². The van der Waals surface area contributed by atoms with Crippen molar-refractivity contribution in [2.45, 2.75) is 0 Å². The van der Waals surface area contributed by atoms with Gasteiger partial charge in [0.05, 0.1) is 18.8 Å². The van der Waals surface area contributed by atoms with E-state index in [0.717, 1.165) is 6.07 Å². The van der Waals surface area contributed by atoms with E-state index < -0.39 is 17.6 Å². The molecule has 1 aromatic rings. The van der Waals surface area contributed by atoms with Crippen LogP contribution in [0.15, 0.2) is 18.2 Å². The molecule has 6 heteroatoms. The molecule has 0 aromatic heterocycles. The number of amides is 2. The van der Waals surface area contributed by atoms with Crippen molar-refractivity contribution in [3.8, 4) is 6.07 Å². The number of hydrogen-bond acceptors (Lipinski definition) is 4. The van der Waals surface area contributed by atoms with E-state index in [1.807, 2.05) is 0 Å².